The molecule has 26 heavy (non-hydrogen) atoms. The van der Waals surface area contributed by atoms with E-state index in [0.29, 0.717) is 12.2 Å². The molecule has 1 N–H and O–H groups in total. The number of anilines is 2. The number of nitrogens with zero attached hydrogens (tertiary/aromatic N) is 3. The predicted octanol–water partition coefficient (Wildman–Crippen LogP) is 4.51. The van der Waals surface area contributed by atoms with Crippen LogP contribution >= 0.6 is 0 Å². The monoisotopic (exact) mass is 354 g/mol. The summed E-state index contributed by atoms with van der Waals surface area (Å²) in [6.07, 6.45) is 6.88. The van der Waals surface area contributed by atoms with Crippen LogP contribution in [0.1, 0.15) is 24.8 Å². The van der Waals surface area contributed by atoms with Gasteiger partial charge in [0.1, 0.15) is 23.0 Å². The SMILES string of the molecule is Fc1ccc(F)c2c(NCc3cccnc3N3CCCCC3)ccnc12. The van der Waals surface area contributed by atoms with E-state index in [0.717, 1.165) is 36.6 Å². The van der Waals surface area contributed by atoms with Gasteiger partial charge in [0, 0.05) is 43.3 Å². The van der Waals surface area contributed by atoms with Gasteiger partial charge >= 0.3 is 0 Å². The summed E-state index contributed by atoms with van der Waals surface area (Å²) in [6.45, 7) is 2.48. The van der Waals surface area contributed by atoms with Crippen LogP contribution in [0.3, 0.4) is 0 Å². The second-order valence-electron chi connectivity index (χ2n) is 6.50. The van der Waals surface area contributed by atoms with Crippen molar-refractivity contribution in [2.45, 2.75) is 25.8 Å². The highest BCUT2D eigenvalue weighted by atomic mass is 19.1. The molecule has 1 saturated heterocycles. The minimum atomic E-state index is -0.527. The third kappa shape index (κ3) is 3.19. The molecule has 0 radical (unpaired) electrons. The molecule has 1 fully saturated rings. The minimum Gasteiger partial charge on any atom is -0.380 e. The fourth-order valence-electron chi connectivity index (χ4n) is 3.49. The molecule has 3 heterocycles. The lowest BCUT2D eigenvalue weighted by atomic mass is 10.1. The predicted molar refractivity (Wildman–Crippen MR) is 99.3 cm³/mol. The fourth-order valence-corrected chi connectivity index (χ4v) is 3.49. The normalized spacial score (nSPS) is 14.6. The Morgan fingerprint density at radius 1 is 0.923 bits per heavy atom. The highest BCUT2D eigenvalue weighted by Crippen LogP contribution is 2.28. The zero-order valence-corrected chi connectivity index (χ0v) is 14.4. The van der Waals surface area contributed by atoms with Gasteiger partial charge in [0.25, 0.3) is 0 Å². The summed E-state index contributed by atoms with van der Waals surface area (Å²) in [5, 5.41) is 3.41. The van der Waals surface area contributed by atoms with E-state index in [1.165, 1.54) is 25.5 Å². The summed E-state index contributed by atoms with van der Waals surface area (Å²) in [5.74, 6) is -0.0513. The van der Waals surface area contributed by atoms with Gasteiger partial charge in [-0.25, -0.2) is 13.8 Å². The standard InChI is InChI=1S/C20H20F2N4/c21-15-6-7-16(22)19-18(15)17(8-10-23-19)25-13-14-5-4-9-24-20(14)26-11-2-1-3-12-26/h4-10H,1-3,11-13H2,(H,23,25). The maximum absolute atomic E-state index is 14.3. The van der Waals surface area contributed by atoms with Crippen LogP contribution in [-0.4, -0.2) is 23.1 Å². The van der Waals surface area contributed by atoms with Gasteiger partial charge in [-0.1, -0.05) is 6.07 Å². The number of rotatable bonds is 4. The molecule has 0 saturated carbocycles. The maximum atomic E-state index is 14.3. The Hall–Kier alpha value is -2.76. The first kappa shape index (κ1) is 16.7. The van der Waals surface area contributed by atoms with E-state index < -0.39 is 11.6 Å². The molecule has 1 aliphatic rings. The number of piperidine rings is 1. The average molecular weight is 354 g/mol. The molecule has 0 spiro atoms. The molecule has 2 aromatic heterocycles. The van der Waals surface area contributed by atoms with Crippen molar-refractivity contribution in [1.29, 1.82) is 0 Å². The molecular formula is C20H20F2N4. The largest absolute Gasteiger partial charge is 0.380 e. The first-order valence-electron chi connectivity index (χ1n) is 8.89. The Labute approximate surface area is 150 Å². The van der Waals surface area contributed by atoms with E-state index >= 15 is 0 Å². The van der Waals surface area contributed by atoms with Crippen molar-refractivity contribution in [1.82, 2.24) is 9.97 Å². The molecule has 1 aliphatic heterocycles. The highest BCUT2D eigenvalue weighted by Gasteiger charge is 2.16. The third-order valence-electron chi connectivity index (χ3n) is 4.78. The quantitative estimate of drug-likeness (QED) is 0.748. The number of benzene rings is 1. The molecule has 134 valence electrons. The maximum Gasteiger partial charge on any atom is 0.149 e. The molecule has 0 unspecified atom stereocenters. The van der Waals surface area contributed by atoms with Gasteiger partial charge in [-0.15, -0.1) is 0 Å². The van der Waals surface area contributed by atoms with Crippen LogP contribution in [0.2, 0.25) is 0 Å². The number of hydrogen-bond donors (Lipinski definition) is 1. The molecule has 1 aromatic carbocycles. The van der Waals surface area contributed by atoms with Crippen LogP contribution in [0.4, 0.5) is 20.3 Å². The summed E-state index contributed by atoms with van der Waals surface area (Å²) in [6, 6.07) is 7.82. The van der Waals surface area contributed by atoms with Crippen molar-refractivity contribution in [3.05, 3.63) is 59.9 Å². The number of aromatic nitrogens is 2. The van der Waals surface area contributed by atoms with Crippen LogP contribution in [0.15, 0.2) is 42.7 Å². The van der Waals surface area contributed by atoms with Crippen molar-refractivity contribution in [2.24, 2.45) is 0 Å². The molecule has 4 rings (SSSR count). The van der Waals surface area contributed by atoms with Gasteiger partial charge in [-0.05, 0) is 43.5 Å². The Morgan fingerprint density at radius 3 is 2.58 bits per heavy atom. The van der Waals surface area contributed by atoms with E-state index in [2.05, 4.69) is 20.2 Å². The summed E-state index contributed by atoms with van der Waals surface area (Å²) >= 11 is 0. The van der Waals surface area contributed by atoms with Gasteiger partial charge in [-0.2, -0.15) is 0 Å². The number of fused-ring (bicyclic) bond motifs is 1. The van der Waals surface area contributed by atoms with Gasteiger partial charge in [0.2, 0.25) is 0 Å². The first-order chi connectivity index (χ1) is 12.7. The van der Waals surface area contributed by atoms with Crippen LogP contribution in [-0.2, 0) is 6.54 Å². The van der Waals surface area contributed by atoms with E-state index in [4.69, 9.17) is 0 Å². The Morgan fingerprint density at radius 2 is 1.73 bits per heavy atom. The summed E-state index contributed by atoms with van der Waals surface area (Å²) in [4.78, 5) is 10.8. The third-order valence-corrected chi connectivity index (χ3v) is 4.78. The van der Waals surface area contributed by atoms with Crippen LogP contribution in [0, 0.1) is 11.6 Å². The summed E-state index contributed by atoms with van der Waals surface area (Å²) in [7, 11) is 0. The van der Waals surface area contributed by atoms with E-state index in [1.54, 1.807) is 12.3 Å². The van der Waals surface area contributed by atoms with Crippen molar-refractivity contribution >= 4 is 22.4 Å². The minimum absolute atomic E-state index is 0.0393. The van der Waals surface area contributed by atoms with Gasteiger partial charge in [-0.3, -0.25) is 4.98 Å². The zero-order valence-electron chi connectivity index (χ0n) is 14.4. The molecule has 6 heteroatoms. The second kappa shape index (κ2) is 7.23. The second-order valence-corrected chi connectivity index (χ2v) is 6.50. The number of hydrogen-bond acceptors (Lipinski definition) is 4. The highest BCUT2D eigenvalue weighted by molar-refractivity contribution is 5.91. The van der Waals surface area contributed by atoms with Crippen LogP contribution in [0.25, 0.3) is 10.9 Å². The van der Waals surface area contributed by atoms with Gasteiger partial charge in [0.15, 0.2) is 0 Å². The van der Waals surface area contributed by atoms with Gasteiger partial charge in [0.05, 0.1) is 5.39 Å². The molecule has 0 aliphatic carbocycles. The Balaban J connectivity index is 1.63. The van der Waals surface area contributed by atoms with Crippen LogP contribution in [0.5, 0.6) is 0 Å². The van der Waals surface area contributed by atoms with E-state index in [9.17, 15) is 8.78 Å². The topological polar surface area (TPSA) is 41.1 Å². The molecule has 3 aromatic rings. The smallest absolute Gasteiger partial charge is 0.149 e. The lowest BCUT2D eigenvalue weighted by molar-refractivity contribution is 0.572. The van der Waals surface area contributed by atoms with Crippen LogP contribution < -0.4 is 10.2 Å². The van der Waals surface area contributed by atoms with E-state index in [1.807, 2.05) is 12.1 Å². The first-order valence-corrected chi connectivity index (χ1v) is 8.89. The Bertz CT molecular complexity index is 923. The number of halogens is 2. The van der Waals surface area contributed by atoms with Crippen molar-refractivity contribution in [2.75, 3.05) is 23.3 Å². The number of nitrogens with one attached hydrogen (secondary N) is 1. The van der Waals surface area contributed by atoms with E-state index in [-0.39, 0.29) is 10.9 Å². The molecule has 0 amide bonds. The average Bonchev–Trinajstić information content (AvgIpc) is 2.70. The van der Waals surface area contributed by atoms with Gasteiger partial charge < -0.3 is 10.2 Å². The lowest BCUT2D eigenvalue weighted by Crippen LogP contribution is -2.31. The molecule has 4 nitrogen and oxygen atoms in total. The molecular weight excluding hydrogens is 334 g/mol. The van der Waals surface area contributed by atoms with Crippen molar-refractivity contribution in [3.8, 4) is 0 Å². The van der Waals surface area contributed by atoms with Crippen molar-refractivity contribution < 1.29 is 8.78 Å². The summed E-state index contributed by atoms with van der Waals surface area (Å²) < 4.78 is 28.2. The molecule has 0 bridgehead atoms. The lowest BCUT2D eigenvalue weighted by Gasteiger charge is -2.29. The Kier molecular flexibility index (Phi) is 4.65. The zero-order chi connectivity index (χ0) is 17.9. The number of pyridine rings is 2. The molecule has 0 atom stereocenters. The fraction of sp³-hybridized carbons (Fsp3) is 0.300. The van der Waals surface area contributed by atoms with Crippen molar-refractivity contribution in [3.63, 3.8) is 0 Å². The summed E-state index contributed by atoms with van der Waals surface area (Å²) in [5.41, 5.74) is 1.61.